The van der Waals surface area contributed by atoms with Crippen molar-refractivity contribution < 1.29 is 81.7 Å². The van der Waals surface area contributed by atoms with Crippen molar-refractivity contribution in [1.82, 2.24) is 5.06 Å². The maximum absolute atomic E-state index is 12.9. The number of imide groups is 1. The Balaban J connectivity index is 1.25. The number of carbonyl (C=O) groups excluding carboxylic acids is 3. The van der Waals surface area contributed by atoms with E-state index in [9.17, 15) is 53.3 Å². The molecule has 3 heterocycles. The Bertz CT molecular complexity index is 3510. The van der Waals surface area contributed by atoms with E-state index in [2.05, 4.69) is 18.4 Å². The number of benzene rings is 4. The van der Waals surface area contributed by atoms with Gasteiger partial charge in [-0.05, 0) is 117 Å². The zero-order chi connectivity index (χ0) is 57.5. The Morgan fingerprint density at radius 1 is 0.671 bits per heavy atom. The van der Waals surface area contributed by atoms with Crippen molar-refractivity contribution in [2.45, 2.75) is 105 Å². The number of anilines is 1. The standard InChI is InChI=1S/C56H67N3O17S3/c1-38-34-39(77(63,64)65)35-43-41(38)19-21-45-53(43)55(2,3)48(58(45)27-29-75-33-31-73-6)16-11-8-7-9-12-17-49-56(4,25-14-10-13-18-52(62)76-59-50(60)23-24-51(59)61)54-44-36-40(78(66,67)68)37-47(79(69,70)71)42(44)20-22-46(54)57(49)26-15-28-74-32-30-72-5/h7-9,11-12,16-17,19-22,34-37H,10,13-15,18,23-33H2,1-6H3,(H2-,63,64,65,66,67,68,69,70,71)/p+1. The molecule has 23 heteroatoms. The molecular formula is C56H68N3O17S3+. The molecule has 426 valence electrons. The Labute approximate surface area is 461 Å². The Hall–Kier alpha value is -5.99. The molecular weight excluding hydrogens is 1080 g/mol. The average molecular weight is 1150 g/mol. The molecule has 1 unspecified atom stereocenters. The number of hydrogen-bond acceptors (Lipinski definition) is 15. The number of hydroxylamine groups is 2. The lowest BCUT2D eigenvalue weighted by atomic mass is 9.75. The van der Waals surface area contributed by atoms with Gasteiger partial charge in [-0.2, -0.15) is 29.8 Å². The van der Waals surface area contributed by atoms with Crippen LogP contribution in [0.3, 0.4) is 0 Å². The van der Waals surface area contributed by atoms with Gasteiger partial charge in [0.05, 0.1) is 41.6 Å². The first-order chi connectivity index (χ1) is 37.3. The van der Waals surface area contributed by atoms with Crippen molar-refractivity contribution in [3.05, 3.63) is 113 Å². The van der Waals surface area contributed by atoms with Gasteiger partial charge in [0.2, 0.25) is 5.69 Å². The third-order valence-corrected chi connectivity index (χ3v) is 17.0. The van der Waals surface area contributed by atoms with Crippen molar-refractivity contribution in [2.75, 3.05) is 71.9 Å². The largest absolute Gasteiger partial charge is 0.382 e. The first-order valence-corrected chi connectivity index (χ1v) is 30.1. The van der Waals surface area contributed by atoms with E-state index in [0.29, 0.717) is 112 Å². The molecule has 1 atom stereocenters. The summed E-state index contributed by atoms with van der Waals surface area (Å²) in [4.78, 5) is 42.3. The molecule has 1 saturated heterocycles. The number of fused-ring (bicyclic) bond motifs is 6. The predicted molar refractivity (Wildman–Crippen MR) is 295 cm³/mol. The van der Waals surface area contributed by atoms with E-state index in [1.165, 1.54) is 24.3 Å². The number of ether oxygens (including phenoxy) is 4. The molecule has 0 bridgehead atoms. The number of amides is 2. The summed E-state index contributed by atoms with van der Waals surface area (Å²) in [6.07, 6.45) is 15.1. The van der Waals surface area contributed by atoms with Crippen molar-refractivity contribution >= 4 is 86.8 Å². The molecule has 1 fully saturated rings. The van der Waals surface area contributed by atoms with Crippen LogP contribution in [0.2, 0.25) is 0 Å². The molecule has 20 nitrogen and oxygen atoms in total. The minimum Gasteiger partial charge on any atom is -0.382 e. The first kappa shape index (κ1) is 60.6. The van der Waals surface area contributed by atoms with Gasteiger partial charge >= 0.3 is 5.97 Å². The normalized spacial score (nSPS) is 18.3. The number of hydrogen-bond donors (Lipinski definition) is 3. The van der Waals surface area contributed by atoms with Crippen molar-refractivity contribution in [3.8, 4) is 0 Å². The number of allylic oxidation sites excluding steroid dienone is 8. The summed E-state index contributed by atoms with van der Waals surface area (Å²) in [6.45, 7) is 11.0. The van der Waals surface area contributed by atoms with Crippen LogP contribution in [-0.2, 0) is 79.4 Å². The van der Waals surface area contributed by atoms with Gasteiger partial charge in [0.15, 0.2) is 12.3 Å². The number of aryl methyl sites for hydroxylation is 1. The number of unbranched alkanes of at least 4 members (excludes halogenated alkanes) is 2. The summed E-state index contributed by atoms with van der Waals surface area (Å²) in [5.41, 5.74) is 3.60. The molecule has 0 aromatic heterocycles. The van der Waals surface area contributed by atoms with Crippen LogP contribution in [0.4, 0.5) is 11.4 Å². The van der Waals surface area contributed by atoms with E-state index < -0.39 is 68.8 Å². The highest BCUT2D eigenvalue weighted by Gasteiger charge is 2.47. The molecule has 3 aliphatic rings. The smallest absolute Gasteiger partial charge is 0.333 e. The van der Waals surface area contributed by atoms with Crippen LogP contribution in [0.5, 0.6) is 0 Å². The summed E-state index contributed by atoms with van der Waals surface area (Å²) < 4.78 is 131. The summed E-state index contributed by atoms with van der Waals surface area (Å²) in [5, 5.41) is 2.24. The molecule has 0 saturated carbocycles. The number of carbonyl (C=O) groups is 3. The maximum atomic E-state index is 12.9. The van der Waals surface area contributed by atoms with Crippen LogP contribution in [0, 0.1) is 6.92 Å². The molecule has 4 aromatic rings. The molecule has 3 N–H and O–H groups in total. The van der Waals surface area contributed by atoms with E-state index >= 15 is 0 Å². The van der Waals surface area contributed by atoms with Gasteiger partial charge in [0.1, 0.15) is 11.5 Å². The van der Waals surface area contributed by atoms with Gasteiger partial charge in [-0.3, -0.25) is 23.2 Å². The monoisotopic (exact) mass is 1150 g/mol. The average Bonchev–Trinajstić information content (AvgIpc) is 4.16. The van der Waals surface area contributed by atoms with Crippen LogP contribution >= 0.6 is 0 Å². The molecule has 0 spiro atoms. The maximum Gasteiger partial charge on any atom is 0.333 e. The zero-order valence-electron chi connectivity index (χ0n) is 45.1. The van der Waals surface area contributed by atoms with E-state index in [4.69, 9.17) is 23.8 Å². The molecule has 0 aliphatic carbocycles. The molecule has 7 rings (SSSR count). The molecule has 2 amide bonds. The first-order valence-electron chi connectivity index (χ1n) is 25.8. The van der Waals surface area contributed by atoms with Gasteiger partial charge < -0.3 is 28.7 Å². The van der Waals surface area contributed by atoms with Crippen LogP contribution in [0.25, 0.3) is 21.5 Å². The summed E-state index contributed by atoms with van der Waals surface area (Å²) in [7, 11) is -11.4. The number of methoxy groups -OCH3 is 2. The second-order valence-corrected chi connectivity index (χ2v) is 24.4. The van der Waals surface area contributed by atoms with E-state index in [0.717, 1.165) is 34.1 Å². The van der Waals surface area contributed by atoms with E-state index in [1.54, 1.807) is 27.2 Å². The van der Waals surface area contributed by atoms with Crippen molar-refractivity contribution in [3.63, 3.8) is 0 Å². The van der Waals surface area contributed by atoms with Crippen LogP contribution in [0.15, 0.2) is 111 Å². The lowest BCUT2D eigenvalue weighted by molar-refractivity contribution is -0.442. The number of rotatable bonds is 27. The Morgan fingerprint density at radius 2 is 1.28 bits per heavy atom. The lowest BCUT2D eigenvalue weighted by Gasteiger charge is -2.31. The number of nitrogens with zero attached hydrogens (tertiary/aromatic N) is 3. The second-order valence-electron chi connectivity index (χ2n) is 20.2. The fourth-order valence-electron chi connectivity index (χ4n) is 10.8. The molecule has 79 heavy (non-hydrogen) atoms. The quantitative estimate of drug-likeness (QED) is 0.0168. The highest BCUT2D eigenvalue weighted by Crippen LogP contribution is 2.54. The fourth-order valence-corrected chi connectivity index (χ4v) is 12.7. The summed E-state index contributed by atoms with van der Waals surface area (Å²) in [6, 6.07) is 12.1. The van der Waals surface area contributed by atoms with E-state index in [-0.39, 0.29) is 34.9 Å². The lowest BCUT2D eigenvalue weighted by Crippen LogP contribution is -2.32. The third kappa shape index (κ3) is 13.6. The van der Waals surface area contributed by atoms with Crippen molar-refractivity contribution in [2.24, 2.45) is 0 Å². The van der Waals surface area contributed by atoms with Crippen LogP contribution in [-0.4, -0.2) is 139 Å². The molecule has 4 aromatic carbocycles. The summed E-state index contributed by atoms with van der Waals surface area (Å²) >= 11 is 0. The van der Waals surface area contributed by atoms with Crippen LogP contribution < -0.4 is 4.90 Å². The minimum absolute atomic E-state index is 0.0257. The Kier molecular flexibility index (Phi) is 19.4. The van der Waals surface area contributed by atoms with Gasteiger partial charge in [-0.15, -0.1) is 5.06 Å². The topological polar surface area (TPSA) is 270 Å². The summed E-state index contributed by atoms with van der Waals surface area (Å²) in [5.74, 6) is -1.92. The van der Waals surface area contributed by atoms with Crippen molar-refractivity contribution in [1.29, 1.82) is 0 Å². The molecule has 0 radical (unpaired) electrons. The van der Waals surface area contributed by atoms with Gasteiger partial charge in [-0.1, -0.05) is 49.3 Å². The SMILES string of the molecule is COCCOCCCN1/C(=C/C=C/C=C/C=C/C2=[N+](CCOCCOC)c3ccc4c(C)cc(S(=O)(=O)O)cc4c3C2(C)C)C(C)(CCCCCC(=O)ON2C(=O)CCC2=O)c2c1ccc1c(S(=O)(=O)O)cc(S(=O)(=O)O)cc21. The van der Waals surface area contributed by atoms with Crippen LogP contribution in [0.1, 0.15) is 88.8 Å². The fraction of sp³-hybridized carbons (Fsp3) is 0.429. The minimum atomic E-state index is -5.03. The van der Waals surface area contributed by atoms with Gasteiger partial charge in [0.25, 0.3) is 42.2 Å². The van der Waals surface area contributed by atoms with E-state index in [1.807, 2.05) is 66.5 Å². The predicted octanol–water partition coefficient (Wildman–Crippen LogP) is 8.02. The molecule has 3 aliphatic heterocycles. The third-order valence-electron chi connectivity index (χ3n) is 14.5. The van der Waals surface area contributed by atoms with Gasteiger partial charge in [-0.25, -0.2) is 4.79 Å². The van der Waals surface area contributed by atoms with Gasteiger partial charge in [0, 0.05) is 86.5 Å². The Morgan fingerprint density at radius 3 is 1.92 bits per heavy atom. The highest BCUT2D eigenvalue weighted by molar-refractivity contribution is 7.87. The highest BCUT2D eigenvalue weighted by atomic mass is 32.2. The zero-order valence-corrected chi connectivity index (χ0v) is 47.5. The second kappa shape index (κ2) is 25.2.